The Balaban J connectivity index is 2.23. The number of aryl methyl sites for hydroxylation is 1. The van der Waals surface area contributed by atoms with Crippen LogP contribution in [-0.2, 0) is 6.42 Å². The lowest BCUT2D eigenvalue weighted by atomic mass is 10.0. The van der Waals surface area contributed by atoms with Crippen LogP contribution in [0, 0.1) is 6.92 Å². The standard InChI is InChI=1S/C13H18ClNO/c1-9-6-11(14)7-10(13(9)16-2)8-12-4-3-5-15-12/h6-7,12,15H,3-5,8H2,1-2H3. The number of methoxy groups -OCH3 is 1. The van der Waals surface area contributed by atoms with Crippen molar-refractivity contribution < 1.29 is 4.74 Å². The van der Waals surface area contributed by atoms with Crippen molar-refractivity contribution in [1.29, 1.82) is 0 Å². The predicted molar refractivity (Wildman–Crippen MR) is 67.5 cm³/mol. The Kier molecular flexibility index (Phi) is 3.72. The van der Waals surface area contributed by atoms with Gasteiger partial charge in [-0.15, -0.1) is 0 Å². The summed E-state index contributed by atoms with van der Waals surface area (Å²) < 4.78 is 5.45. The van der Waals surface area contributed by atoms with Crippen molar-refractivity contribution in [2.45, 2.75) is 32.2 Å². The Morgan fingerprint density at radius 1 is 1.50 bits per heavy atom. The van der Waals surface area contributed by atoms with Crippen molar-refractivity contribution in [3.05, 3.63) is 28.3 Å². The van der Waals surface area contributed by atoms with Gasteiger partial charge in [-0.05, 0) is 56.0 Å². The van der Waals surface area contributed by atoms with E-state index in [1.54, 1.807) is 7.11 Å². The minimum absolute atomic E-state index is 0.576. The van der Waals surface area contributed by atoms with Crippen molar-refractivity contribution >= 4 is 11.6 Å². The topological polar surface area (TPSA) is 21.3 Å². The van der Waals surface area contributed by atoms with Gasteiger partial charge in [0.25, 0.3) is 0 Å². The van der Waals surface area contributed by atoms with Gasteiger partial charge < -0.3 is 10.1 Å². The van der Waals surface area contributed by atoms with E-state index in [-0.39, 0.29) is 0 Å². The highest BCUT2D eigenvalue weighted by molar-refractivity contribution is 6.30. The summed E-state index contributed by atoms with van der Waals surface area (Å²) in [6.07, 6.45) is 3.52. The first-order valence-corrected chi connectivity index (χ1v) is 6.15. The Hall–Kier alpha value is -0.730. The summed E-state index contributed by atoms with van der Waals surface area (Å²) in [5.41, 5.74) is 2.33. The molecule has 0 aliphatic carbocycles. The quantitative estimate of drug-likeness (QED) is 0.876. The van der Waals surface area contributed by atoms with E-state index < -0.39 is 0 Å². The Morgan fingerprint density at radius 2 is 2.31 bits per heavy atom. The van der Waals surface area contributed by atoms with Crippen LogP contribution in [-0.4, -0.2) is 19.7 Å². The molecule has 1 saturated heterocycles. The monoisotopic (exact) mass is 239 g/mol. The molecule has 1 aromatic carbocycles. The maximum atomic E-state index is 6.09. The van der Waals surface area contributed by atoms with Gasteiger partial charge in [-0.1, -0.05) is 11.6 Å². The van der Waals surface area contributed by atoms with Gasteiger partial charge in [0.05, 0.1) is 7.11 Å². The van der Waals surface area contributed by atoms with Crippen LogP contribution in [0.4, 0.5) is 0 Å². The minimum Gasteiger partial charge on any atom is -0.496 e. The van der Waals surface area contributed by atoms with Crippen LogP contribution in [0.15, 0.2) is 12.1 Å². The first-order chi connectivity index (χ1) is 7.70. The molecule has 1 fully saturated rings. The van der Waals surface area contributed by atoms with Gasteiger partial charge in [-0.25, -0.2) is 0 Å². The zero-order chi connectivity index (χ0) is 11.5. The average Bonchev–Trinajstić information content (AvgIpc) is 2.70. The number of hydrogen-bond donors (Lipinski definition) is 1. The summed E-state index contributed by atoms with van der Waals surface area (Å²) >= 11 is 6.09. The first-order valence-electron chi connectivity index (χ1n) is 5.77. The molecule has 0 amide bonds. The van der Waals surface area contributed by atoms with Crippen LogP contribution in [0.1, 0.15) is 24.0 Å². The summed E-state index contributed by atoms with van der Waals surface area (Å²) in [7, 11) is 1.72. The van der Waals surface area contributed by atoms with Crippen LogP contribution < -0.4 is 10.1 Å². The fourth-order valence-corrected chi connectivity index (χ4v) is 2.73. The van der Waals surface area contributed by atoms with Gasteiger partial charge in [0.2, 0.25) is 0 Å². The SMILES string of the molecule is COc1c(C)cc(Cl)cc1CC1CCCN1. The first kappa shape index (κ1) is 11.7. The van der Waals surface area contributed by atoms with E-state index in [1.807, 2.05) is 19.1 Å². The molecular formula is C13H18ClNO. The molecule has 1 atom stereocenters. The van der Waals surface area contributed by atoms with Gasteiger partial charge in [0, 0.05) is 11.1 Å². The van der Waals surface area contributed by atoms with E-state index in [0.29, 0.717) is 6.04 Å². The second kappa shape index (κ2) is 5.07. The molecule has 2 nitrogen and oxygen atoms in total. The molecule has 0 aromatic heterocycles. The van der Waals surface area contributed by atoms with Crippen molar-refractivity contribution in [1.82, 2.24) is 5.32 Å². The van der Waals surface area contributed by atoms with Gasteiger partial charge in [-0.3, -0.25) is 0 Å². The molecule has 88 valence electrons. The van der Waals surface area contributed by atoms with E-state index in [1.165, 1.54) is 18.4 Å². The van der Waals surface area contributed by atoms with Crippen LogP contribution in [0.3, 0.4) is 0 Å². The molecule has 2 rings (SSSR count). The summed E-state index contributed by atoms with van der Waals surface area (Å²) in [6.45, 7) is 3.17. The number of ether oxygens (including phenoxy) is 1. The molecular weight excluding hydrogens is 222 g/mol. The fraction of sp³-hybridized carbons (Fsp3) is 0.538. The third-order valence-corrected chi connectivity index (χ3v) is 3.37. The molecule has 1 N–H and O–H groups in total. The third-order valence-electron chi connectivity index (χ3n) is 3.15. The molecule has 0 radical (unpaired) electrons. The largest absolute Gasteiger partial charge is 0.496 e. The lowest BCUT2D eigenvalue weighted by Gasteiger charge is -2.15. The zero-order valence-electron chi connectivity index (χ0n) is 9.85. The highest BCUT2D eigenvalue weighted by Crippen LogP contribution is 2.29. The van der Waals surface area contributed by atoms with Crippen molar-refractivity contribution in [2.75, 3.05) is 13.7 Å². The number of rotatable bonds is 3. The van der Waals surface area contributed by atoms with Gasteiger partial charge in [-0.2, -0.15) is 0 Å². The molecule has 1 unspecified atom stereocenters. The molecule has 0 bridgehead atoms. The highest BCUT2D eigenvalue weighted by atomic mass is 35.5. The molecule has 1 aliphatic rings. The number of nitrogens with one attached hydrogen (secondary N) is 1. The number of benzene rings is 1. The van der Waals surface area contributed by atoms with E-state index in [4.69, 9.17) is 16.3 Å². The van der Waals surface area contributed by atoms with E-state index >= 15 is 0 Å². The lowest BCUT2D eigenvalue weighted by Crippen LogP contribution is -2.23. The van der Waals surface area contributed by atoms with Gasteiger partial charge >= 0.3 is 0 Å². The average molecular weight is 240 g/mol. The maximum Gasteiger partial charge on any atom is 0.125 e. The summed E-state index contributed by atoms with van der Waals surface area (Å²) in [5, 5.41) is 4.29. The van der Waals surface area contributed by atoms with Crippen LogP contribution in [0.2, 0.25) is 5.02 Å². The number of halogens is 1. The van der Waals surface area contributed by atoms with Crippen LogP contribution in [0.25, 0.3) is 0 Å². The van der Waals surface area contributed by atoms with Crippen LogP contribution in [0.5, 0.6) is 5.75 Å². The molecule has 3 heteroatoms. The Bertz CT molecular complexity index is 372. The van der Waals surface area contributed by atoms with Crippen molar-refractivity contribution in [3.63, 3.8) is 0 Å². The normalized spacial score (nSPS) is 20.1. The second-order valence-electron chi connectivity index (χ2n) is 4.41. The minimum atomic E-state index is 0.576. The van der Waals surface area contributed by atoms with E-state index in [9.17, 15) is 0 Å². The van der Waals surface area contributed by atoms with Gasteiger partial charge in [0.15, 0.2) is 0 Å². The lowest BCUT2D eigenvalue weighted by molar-refractivity contribution is 0.403. The molecule has 0 saturated carbocycles. The summed E-state index contributed by atoms with van der Waals surface area (Å²) in [5.74, 6) is 0.984. The molecule has 0 spiro atoms. The smallest absolute Gasteiger partial charge is 0.125 e. The Labute approximate surface area is 102 Å². The molecule has 1 aliphatic heterocycles. The molecule has 1 heterocycles. The molecule has 16 heavy (non-hydrogen) atoms. The second-order valence-corrected chi connectivity index (χ2v) is 4.85. The number of hydrogen-bond acceptors (Lipinski definition) is 2. The fourth-order valence-electron chi connectivity index (χ4n) is 2.44. The van der Waals surface area contributed by atoms with E-state index in [0.717, 1.165) is 29.3 Å². The Morgan fingerprint density at radius 3 is 2.94 bits per heavy atom. The van der Waals surface area contributed by atoms with Gasteiger partial charge in [0.1, 0.15) is 5.75 Å². The van der Waals surface area contributed by atoms with Crippen molar-refractivity contribution in [3.8, 4) is 5.75 Å². The predicted octanol–water partition coefficient (Wildman–Crippen LogP) is 2.95. The maximum absolute atomic E-state index is 6.09. The summed E-state index contributed by atoms with van der Waals surface area (Å²) in [6, 6.07) is 4.55. The highest BCUT2D eigenvalue weighted by Gasteiger charge is 2.17. The van der Waals surface area contributed by atoms with E-state index in [2.05, 4.69) is 5.32 Å². The van der Waals surface area contributed by atoms with Crippen LogP contribution >= 0.6 is 11.6 Å². The molecule has 1 aromatic rings. The van der Waals surface area contributed by atoms with Crippen molar-refractivity contribution in [2.24, 2.45) is 0 Å². The zero-order valence-corrected chi connectivity index (χ0v) is 10.6. The summed E-state index contributed by atoms with van der Waals surface area (Å²) in [4.78, 5) is 0. The third kappa shape index (κ3) is 2.50.